The van der Waals surface area contributed by atoms with Gasteiger partial charge in [0.1, 0.15) is 0 Å². The Morgan fingerprint density at radius 3 is 2.68 bits per heavy atom. The van der Waals surface area contributed by atoms with Gasteiger partial charge < -0.3 is 23.7 Å². The third kappa shape index (κ3) is 1.87. The van der Waals surface area contributed by atoms with Crippen LogP contribution in [0.4, 0.5) is 0 Å². The summed E-state index contributed by atoms with van der Waals surface area (Å²) < 4.78 is 25.9. The fraction of sp³-hybridized carbons (Fsp3) is 0.545. The van der Waals surface area contributed by atoms with Crippen LogP contribution in [-0.4, -0.2) is 47.9 Å². The first-order valence-electron chi connectivity index (χ1n) is 5.57. The van der Waals surface area contributed by atoms with Crippen LogP contribution in [0.2, 0.25) is 0 Å². The molecule has 5 atom stereocenters. The Kier molecular flexibility index (Phi) is 2.72. The van der Waals surface area contributed by atoms with E-state index in [1.165, 1.54) is 6.92 Å². The molecule has 3 aliphatic rings. The van der Waals surface area contributed by atoms with E-state index in [2.05, 4.69) is 6.58 Å². The molecule has 3 fully saturated rings. The quantitative estimate of drug-likeness (QED) is 0.393. The van der Waals surface area contributed by atoms with Gasteiger partial charge in [-0.1, -0.05) is 6.58 Å². The van der Waals surface area contributed by atoms with Crippen molar-refractivity contribution >= 4 is 29.4 Å². The summed E-state index contributed by atoms with van der Waals surface area (Å²) in [6, 6.07) is 0. The zero-order chi connectivity index (χ0) is 13.7. The molecular weight excluding hydrogens is 276 g/mol. The maximum absolute atomic E-state index is 11.7. The number of thiocarbonyl (C=S) groups is 1. The van der Waals surface area contributed by atoms with Crippen molar-refractivity contribution in [1.29, 1.82) is 0 Å². The summed E-state index contributed by atoms with van der Waals surface area (Å²) in [4.78, 5) is 23.1. The highest BCUT2D eigenvalue weighted by atomic mass is 32.1. The molecule has 0 N–H and O–H groups in total. The third-order valence-corrected chi connectivity index (χ3v) is 3.21. The van der Waals surface area contributed by atoms with Crippen molar-refractivity contribution in [3.63, 3.8) is 0 Å². The van der Waals surface area contributed by atoms with Crippen LogP contribution < -0.4 is 0 Å². The first kappa shape index (κ1) is 12.4. The highest BCUT2D eigenvalue weighted by molar-refractivity contribution is 7.79. The number of esters is 2. The van der Waals surface area contributed by atoms with Crippen LogP contribution in [0.25, 0.3) is 0 Å². The van der Waals surface area contributed by atoms with Crippen LogP contribution in [0.5, 0.6) is 0 Å². The van der Waals surface area contributed by atoms with E-state index >= 15 is 0 Å². The average molecular weight is 286 g/mol. The van der Waals surface area contributed by atoms with Gasteiger partial charge in [-0.15, -0.1) is 0 Å². The van der Waals surface area contributed by atoms with Gasteiger partial charge in [-0.3, -0.25) is 0 Å². The molecule has 3 aliphatic heterocycles. The van der Waals surface area contributed by atoms with E-state index in [0.717, 1.165) is 0 Å². The standard InChI is InChI=1S/C11H10O7S/c1-3(2)8(12)15-6-4-5(14-9(6)13)7-10(16-4)18-11(19)17-7/h4-7,10H,1H2,2H3. The van der Waals surface area contributed by atoms with Crippen LogP contribution in [0.15, 0.2) is 12.2 Å². The first-order chi connectivity index (χ1) is 8.97. The molecule has 0 spiro atoms. The second-order valence-electron chi connectivity index (χ2n) is 4.43. The molecule has 5 unspecified atom stereocenters. The van der Waals surface area contributed by atoms with Crippen molar-refractivity contribution in [2.24, 2.45) is 0 Å². The number of fused-ring (bicyclic) bond motifs is 3. The summed E-state index contributed by atoms with van der Waals surface area (Å²) in [7, 11) is 0. The van der Waals surface area contributed by atoms with Crippen molar-refractivity contribution in [2.45, 2.75) is 37.6 Å². The number of rotatable bonds is 2. The third-order valence-electron chi connectivity index (χ3n) is 3.02. The number of hydrogen-bond acceptors (Lipinski definition) is 8. The van der Waals surface area contributed by atoms with Crippen molar-refractivity contribution < 1.29 is 33.3 Å². The van der Waals surface area contributed by atoms with Gasteiger partial charge >= 0.3 is 17.2 Å². The molecule has 0 aromatic heterocycles. The van der Waals surface area contributed by atoms with Crippen molar-refractivity contribution in [2.75, 3.05) is 0 Å². The summed E-state index contributed by atoms with van der Waals surface area (Å²) in [6.45, 7) is 4.92. The summed E-state index contributed by atoms with van der Waals surface area (Å²) in [5.41, 5.74) is 0.183. The molecule has 7 nitrogen and oxygen atoms in total. The molecular formula is C11H10O7S. The van der Waals surface area contributed by atoms with Crippen LogP contribution in [0.3, 0.4) is 0 Å². The molecule has 0 radical (unpaired) electrons. The molecule has 0 saturated carbocycles. The van der Waals surface area contributed by atoms with E-state index in [0.29, 0.717) is 0 Å². The molecule has 3 rings (SSSR count). The van der Waals surface area contributed by atoms with Crippen molar-refractivity contribution in [3.05, 3.63) is 12.2 Å². The Labute approximate surface area is 113 Å². The fourth-order valence-electron chi connectivity index (χ4n) is 2.15. The Hall–Kier alpha value is -1.67. The summed E-state index contributed by atoms with van der Waals surface area (Å²) >= 11 is 4.73. The normalized spacial score (nSPS) is 38.9. The van der Waals surface area contributed by atoms with Crippen LogP contribution in [0.1, 0.15) is 6.92 Å². The van der Waals surface area contributed by atoms with Gasteiger partial charge in [-0.25, -0.2) is 9.59 Å². The van der Waals surface area contributed by atoms with Crippen LogP contribution in [0, 0.1) is 0 Å². The van der Waals surface area contributed by atoms with Gasteiger partial charge in [0, 0.05) is 17.8 Å². The molecule has 0 aromatic carbocycles. The highest BCUT2D eigenvalue weighted by Gasteiger charge is 2.63. The zero-order valence-electron chi connectivity index (χ0n) is 9.86. The van der Waals surface area contributed by atoms with Gasteiger partial charge in [0.15, 0.2) is 12.2 Å². The minimum Gasteiger partial charge on any atom is -0.452 e. The Morgan fingerprint density at radius 2 is 2.00 bits per heavy atom. The topological polar surface area (TPSA) is 80.3 Å². The molecule has 19 heavy (non-hydrogen) atoms. The molecule has 8 heteroatoms. The van der Waals surface area contributed by atoms with E-state index in [1.807, 2.05) is 0 Å². The Bertz CT molecular complexity index is 487. The minimum absolute atomic E-state index is 0.0492. The predicted octanol–water partition coefficient (Wildman–Crippen LogP) is -0.175. The molecule has 3 heterocycles. The van der Waals surface area contributed by atoms with Gasteiger partial charge in [-0.05, 0) is 6.92 Å². The SMILES string of the molecule is C=C(C)C(=O)OC1C(=O)OC2C3OC(=S)OC3OC12. The lowest BCUT2D eigenvalue weighted by molar-refractivity contribution is -0.168. The van der Waals surface area contributed by atoms with Gasteiger partial charge in [0.05, 0.1) is 0 Å². The smallest absolute Gasteiger partial charge is 0.355 e. The second kappa shape index (κ2) is 4.17. The lowest BCUT2D eigenvalue weighted by Crippen LogP contribution is -2.36. The highest BCUT2D eigenvalue weighted by Crippen LogP contribution is 2.38. The van der Waals surface area contributed by atoms with Crippen LogP contribution >= 0.6 is 12.2 Å². The Morgan fingerprint density at radius 1 is 1.26 bits per heavy atom. The van der Waals surface area contributed by atoms with E-state index in [9.17, 15) is 9.59 Å². The van der Waals surface area contributed by atoms with Gasteiger partial charge in [0.25, 0.3) is 0 Å². The monoisotopic (exact) mass is 286 g/mol. The lowest BCUT2D eigenvalue weighted by Gasteiger charge is -2.15. The number of carbonyl (C=O) groups is 2. The summed E-state index contributed by atoms with van der Waals surface area (Å²) in [5, 5.41) is -0.0492. The van der Waals surface area contributed by atoms with Gasteiger partial charge in [0.2, 0.25) is 18.5 Å². The average Bonchev–Trinajstić information content (AvgIpc) is 2.91. The molecule has 3 saturated heterocycles. The maximum Gasteiger partial charge on any atom is 0.355 e. The molecule has 0 aromatic rings. The number of carbonyl (C=O) groups excluding carboxylic acids is 2. The van der Waals surface area contributed by atoms with Crippen molar-refractivity contribution in [1.82, 2.24) is 0 Å². The second-order valence-corrected chi connectivity index (χ2v) is 4.76. The molecule has 0 bridgehead atoms. The lowest BCUT2D eigenvalue weighted by atomic mass is 10.1. The van der Waals surface area contributed by atoms with E-state index in [-0.39, 0.29) is 10.8 Å². The zero-order valence-corrected chi connectivity index (χ0v) is 10.7. The molecule has 0 amide bonds. The van der Waals surface area contributed by atoms with E-state index in [1.54, 1.807) is 0 Å². The predicted molar refractivity (Wildman–Crippen MR) is 61.8 cm³/mol. The largest absolute Gasteiger partial charge is 0.452 e. The Balaban J connectivity index is 1.75. The summed E-state index contributed by atoms with van der Waals surface area (Å²) in [5.74, 6) is -1.36. The van der Waals surface area contributed by atoms with Crippen molar-refractivity contribution in [3.8, 4) is 0 Å². The fourth-order valence-corrected chi connectivity index (χ4v) is 2.35. The first-order valence-corrected chi connectivity index (χ1v) is 5.98. The minimum atomic E-state index is -1.14. The van der Waals surface area contributed by atoms with E-state index in [4.69, 9.17) is 35.9 Å². The molecule has 102 valence electrons. The maximum atomic E-state index is 11.7. The number of hydrogen-bond donors (Lipinski definition) is 0. The van der Waals surface area contributed by atoms with Crippen LogP contribution in [-0.2, 0) is 33.3 Å². The number of ether oxygens (including phenoxy) is 5. The molecule has 0 aliphatic carbocycles. The summed E-state index contributed by atoms with van der Waals surface area (Å²) in [6.07, 6.45) is -3.94. The van der Waals surface area contributed by atoms with Gasteiger partial charge in [-0.2, -0.15) is 0 Å². The van der Waals surface area contributed by atoms with E-state index < -0.39 is 42.6 Å².